The van der Waals surface area contributed by atoms with Crippen LogP contribution in [0.1, 0.15) is 30.9 Å². The molecule has 3 rings (SSSR count). The van der Waals surface area contributed by atoms with Gasteiger partial charge in [0, 0.05) is 6.42 Å². The van der Waals surface area contributed by atoms with Crippen molar-refractivity contribution >= 4 is 10.9 Å². The Morgan fingerprint density at radius 3 is 2.87 bits per heavy atom. The normalized spacial score (nSPS) is 11.4. The van der Waals surface area contributed by atoms with Gasteiger partial charge in [-0.05, 0) is 25.6 Å². The van der Waals surface area contributed by atoms with Gasteiger partial charge in [0.1, 0.15) is 5.82 Å². The van der Waals surface area contributed by atoms with Crippen LogP contribution in [0, 0.1) is 0 Å². The van der Waals surface area contributed by atoms with Crippen molar-refractivity contribution in [3.05, 3.63) is 52.2 Å². The topological polar surface area (TPSA) is 87.9 Å². The molecule has 0 aliphatic heterocycles. The minimum absolute atomic E-state index is 0.123. The van der Waals surface area contributed by atoms with Crippen LogP contribution in [0.2, 0.25) is 0 Å². The number of hydrogen-bond donors (Lipinski definition) is 1. The Hall–Kier alpha value is -2.54. The van der Waals surface area contributed by atoms with E-state index in [2.05, 4.69) is 27.0 Å². The van der Waals surface area contributed by atoms with Gasteiger partial charge in [0.15, 0.2) is 5.82 Å². The van der Waals surface area contributed by atoms with Gasteiger partial charge in [-0.2, -0.15) is 4.98 Å². The van der Waals surface area contributed by atoms with Crippen LogP contribution < -0.4 is 5.56 Å². The number of rotatable bonds is 6. The number of hydrogen-bond acceptors (Lipinski definition) is 6. The van der Waals surface area contributed by atoms with Crippen LogP contribution in [0.5, 0.6) is 0 Å². The van der Waals surface area contributed by atoms with E-state index < -0.39 is 0 Å². The number of nitrogens with zero attached hydrogens (tertiary/aromatic N) is 4. The Bertz CT molecular complexity index is 855. The highest BCUT2D eigenvalue weighted by Crippen LogP contribution is 2.08. The van der Waals surface area contributed by atoms with Gasteiger partial charge in [0.05, 0.1) is 24.0 Å². The average Bonchev–Trinajstić information content (AvgIpc) is 2.94. The highest BCUT2D eigenvalue weighted by Gasteiger charge is 2.11. The van der Waals surface area contributed by atoms with E-state index in [1.165, 1.54) is 0 Å². The molecule has 0 fully saturated rings. The second kappa shape index (κ2) is 6.70. The molecular formula is C16H19N5O2. The molecule has 1 aromatic carbocycles. The zero-order chi connectivity index (χ0) is 16.2. The summed E-state index contributed by atoms with van der Waals surface area (Å²) in [5, 5.41) is 4.53. The smallest absolute Gasteiger partial charge is 0.258 e. The second-order valence-electron chi connectivity index (χ2n) is 5.56. The first kappa shape index (κ1) is 15.4. The van der Waals surface area contributed by atoms with Crippen molar-refractivity contribution in [3.8, 4) is 0 Å². The van der Waals surface area contributed by atoms with E-state index in [0.29, 0.717) is 35.7 Å². The van der Waals surface area contributed by atoms with Crippen molar-refractivity contribution in [1.29, 1.82) is 0 Å². The van der Waals surface area contributed by atoms with E-state index >= 15 is 0 Å². The first-order chi connectivity index (χ1) is 11.2. The van der Waals surface area contributed by atoms with Gasteiger partial charge in [0.25, 0.3) is 5.56 Å². The fourth-order valence-corrected chi connectivity index (χ4v) is 2.43. The zero-order valence-corrected chi connectivity index (χ0v) is 13.2. The fourth-order valence-electron chi connectivity index (χ4n) is 2.43. The third-order valence-electron chi connectivity index (χ3n) is 3.47. The van der Waals surface area contributed by atoms with Gasteiger partial charge in [0.2, 0.25) is 5.89 Å². The van der Waals surface area contributed by atoms with Crippen LogP contribution >= 0.6 is 0 Å². The predicted molar refractivity (Wildman–Crippen MR) is 85.8 cm³/mol. The molecule has 2 heterocycles. The number of H-pyrrole nitrogens is 1. The second-order valence-corrected chi connectivity index (χ2v) is 5.56. The zero-order valence-electron chi connectivity index (χ0n) is 13.2. The number of nitrogens with one attached hydrogen (secondary N) is 1. The van der Waals surface area contributed by atoms with Gasteiger partial charge >= 0.3 is 0 Å². The molecule has 7 nitrogen and oxygen atoms in total. The molecule has 0 spiro atoms. The molecule has 0 radical (unpaired) electrons. The molecule has 0 atom stereocenters. The molecule has 0 aliphatic rings. The van der Waals surface area contributed by atoms with Gasteiger partial charge in [-0.25, -0.2) is 4.98 Å². The molecule has 0 aliphatic carbocycles. The van der Waals surface area contributed by atoms with E-state index in [1.54, 1.807) is 6.07 Å². The SMILES string of the molecule is CCCc1noc(CN(C)Cc2nc3ccccc3c(=O)[nH]2)n1. The Morgan fingerprint density at radius 1 is 1.22 bits per heavy atom. The minimum Gasteiger partial charge on any atom is -0.338 e. The number of para-hydroxylation sites is 1. The van der Waals surface area contributed by atoms with Crippen molar-refractivity contribution in [2.75, 3.05) is 7.05 Å². The van der Waals surface area contributed by atoms with Gasteiger partial charge < -0.3 is 9.51 Å². The molecule has 0 amide bonds. The summed E-state index contributed by atoms with van der Waals surface area (Å²) in [7, 11) is 1.92. The summed E-state index contributed by atoms with van der Waals surface area (Å²) in [5.74, 6) is 1.91. The van der Waals surface area contributed by atoms with Crippen LogP contribution in [0.4, 0.5) is 0 Å². The van der Waals surface area contributed by atoms with Gasteiger partial charge in [-0.1, -0.05) is 24.2 Å². The first-order valence-electron chi connectivity index (χ1n) is 7.63. The number of aromatic amines is 1. The van der Waals surface area contributed by atoms with Crippen molar-refractivity contribution in [2.24, 2.45) is 0 Å². The number of aromatic nitrogens is 4. The Labute approximate surface area is 133 Å². The van der Waals surface area contributed by atoms with E-state index in [-0.39, 0.29) is 5.56 Å². The summed E-state index contributed by atoms with van der Waals surface area (Å²) in [6.45, 7) is 3.07. The Kier molecular flexibility index (Phi) is 4.47. The number of aryl methyl sites for hydroxylation is 1. The summed E-state index contributed by atoms with van der Waals surface area (Å²) in [5.41, 5.74) is 0.574. The molecule has 1 N–H and O–H groups in total. The fraction of sp³-hybridized carbons (Fsp3) is 0.375. The lowest BCUT2D eigenvalue weighted by atomic mass is 10.2. The van der Waals surface area contributed by atoms with Crippen LogP contribution in [0.3, 0.4) is 0 Å². The predicted octanol–water partition coefficient (Wildman–Crippen LogP) is 1.89. The maximum absolute atomic E-state index is 12.1. The minimum atomic E-state index is -0.123. The van der Waals surface area contributed by atoms with E-state index in [4.69, 9.17) is 4.52 Å². The highest BCUT2D eigenvalue weighted by molar-refractivity contribution is 5.77. The molecule has 0 saturated heterocycles. The summed E-state index contributed by atoms with van der Waals surface area (Å²) in [6, 6.07) is 7.30. The van der Waals surface area contributed by atoms with Gasteiger partial charge in [-0.15, -0.1) is 0 Å². The molecule has 0 unspecified atom stereocenters. The van der Waals surface area contributed by atoms with E-state index in [0.717, 1.165) is 18.7 Å². The first-order valence-corrected chi connectivity index (χ1v) is 7.63. The summed E-state index contributed by atoms with van der Waals surface area (Å²) >= 11 is 0. The summed E-state index contributed by atoms with van der Waals surface area (Å²) < 4.78 is 5.22. The van der Waals surface area contributed by atoms with Crippen molar-refractivity contribution in [3.63, 3.8) is 0 Å². The highest BCUT2D eigenvalue weighted by atomic mass is 16.5. The average molecular weight is 313 g/mol. The van der Waals surface area contributed by atoms with Crippen LogP contribution in [0.25, 0.3) is 10.9 Å². The summed E-state index contributed by atoms with van der Waals surface area (Å²) in [6.07, 6.45) is 1.80. The molecule has 7 heteroatoms. The molecule has 120 valence electrons. The lowest BCUT2D eigenvalue weighted by molar-refractivity contribution is 0.255. The third-order valence-corrected chi connectivity index (χ3v) is 3.47. The maximum atomic E-state index is 12.1. The van der Waals surface area contributed by atoms with Gasteiger partial charge in [-0.3, -0.25) is 9.69 Å². The van der Waals surface area contributed by atoms with Crippen LogP contribution in [-0.2, 0) is 19.5 Å². The molecule has 3 aromatic rings. The number of benzene rings is 1. The quantitative estimate of drug-likeness (QED) is 0.747. The maximum Gasteiger partial charge on any atom is 0.258 e. The van der Waals surface area contributed by atoms with Crippen molar-refractivity contribution in [1.82, 2.24) is 25.0 Å². The van der Waals surface area contributed by atoms with Crippen molar-refractivity contribution < 1.29 is 4.52 Å². The molecule has 0 bridgehead atoms. The molecule has 0 saturated carbocycles. The molecule has 2 aromatic heterocycles. The lowest BCUT2D eigenvalue weighted by Crippen LogP contribution is -2.22. The Morgan fingerprint density at radius 2 is 2.04 bits per heavy atom. The largest absolute Gasteiger partial charge is 0.338 e. The van der Waals surface area contributed by atoms with E-state index in [9.17, 15) is 4.79 Å². The van der Waals surface area contributed by atoms with Crippen molar-refractivity contribution in [2.45, 2.75) is 32.9 Å². The Balaban J connectivity index is 1.72. The molecular weight excluding hydrogens is 294 g/mol. The van der Waals surface area contributed by atoms with E-state index in [1.807, 2.05) is 30.1 Å². The monoisotopic (exact) mass is 313 g/mol. The van der Waals surface area contributed by atoms with Crippen LogP contribution in [0.15, 0.2) is 33.6 Å². The standard InChI is InChI=1S/C16H19N5O2/c1-3-6-13-18-15(23-20-13)10-21(2)9-14-17-12-8-5-4-7-11(12)16(22)19-14/h4-5,7-8H,3,6,9-10H2,1-2H3,(H,17,19,22). The summed E-state index contributed by atoms with van der Waals surface area (Å²) in [4.78, 5) is 25.7. The molecule has 23 heavy (non-hydrogen) atoms. The van der Waals surface area contributed by atoms with Crippen LogP contribution in [-0.4, -0.2) is 32.1 Å². The third kappa shape index (κ3) is 3.62. The lowest BCUT2D eigenvalue weighted by Gasteiger charge is -2.13. The number of fused-ring (bicyclic) bond motifs is 1.